The minimum absolute atomic E-state index is 0.335. The fourth-order valence-corrected chi connectivity index (χ4v) is 4.42. The fourth-order valence-electron chi connectivity index (χ4n) is 4.42. The van der Waals surface area contributed by atoms with Crippen molar-refractivity contribution in [2.45, 2.75) is 45.8 Å². The van der Waals surface area contributed by atoms with Crippen LogP contribution in [0.4, 0.5) is 0 Å². The first kappa shape index (κ1) is 18.7. The molecule has 27 heavy (non-hydrogen) atoms. The number of imidazole rings is 1. The highest BCUT2D eigenvalue weighted by Crippen LogP contribution is 2.24. The van der Waals surface area contributed by atoms with Gasteiger partial charge in [0.05, 0.1) is 24.7 Å². The van der Waals surface area contributed by atoms with Gasteiger partial charge in [0.15, 0.2) is 0 Å². The first-order valence-electron chi connectivity index (χ1n) is 10.1. The van der Waals surface area contributed by atoms with Gasteiger partial charge < -0.3 is 14.0 Å². The van der Waals surface area contributed by atoms with Crippen molar-refractivity contribution in [3.63, 3.8) is 0 Å². The number of aryl methyl sites for hydroxylation is 2. The van der Waals surface area contributed by atoms with Gasteiger partial charge >= 0.3 is 0 Å². The largest absolute Gasteiger partial charge is 0.381 e. The minimum atomic E-state index is 0.335. The molecule has 1 aromatic carbocycles. The zero-order valence-corrected chi connectivity index (χ0v) is 16.6. The second kappa shape index (κ2) is 8.55. The van der Waals surface area contributed by atoms with Gasteiger partial charge in [0.25, 0.3) is 0 Å². The number of nitrogens with zero attached hydrogens (tertiary/aromatic N) is 3. The van der Waals surface area contributed by atoms with Crippen LogP contribution in [-0.2, 0) is 22.6 Å². The molecule has 146 valence electrons. The maximum absolute atomic E-state index is 6.14. The van der Waals surface area contributed by atoms with Crippen molar-refractivity contribution in [3.8, 4) is 0 Å². The first-order chi connectivity index (χ1) is 13.2. The van der Waals surface area contributed by atoms with Gasteiger partial charge in [0.1, 0.15) is 0 Å². The quantitative estimate of drug-likeness (QED) is 0.781. The maximum atomic E-state index is 6.14. The van der Waals surface area contributed by atoms with Crippen LogP contribution in [0.5, 0.6) is 0 Å². The number of aromatic nitrogens is 2. The van der Waals surface area contributed by atoms with E-state index >= 15 is 0 Å². The van der Waals surface area contributed by atoms with Crippen LogP contribution in [0.2, 0.25) is 0 Å². The normalized spacial score (nSPS) is 21.3. The van der Waals surface area contributed by atoms with Crippen molar-refractivity contribution >= 4 is 0 Å². The molecule has 4 rings (SSSR count). The molecule has 3 heterocycles. The molecule has 1 atom stereocenters. The highest BCUT2D eigenvalue weighted by atomic mass is 16.5. The number of rotatable bonds is 6. The molecule has 0 radical (unpaired) electrons. The summed E-state index contributed by atoms with van der Waals surface area (Å²) >= 11 is 0. The van der Waals surface area contributed by atoms with Gasteiger partial charge in [-0.25, -0.2) is 4.98 Å². The fraction of sp³-hybridized carbons (Fsp3) is 0.591. The predicted octanol–water partition coefficient (Wildman–Crippen LogP) is 3.50. The van der Waals surface area contributed by atoms with Crippen molar-refractivity contribution in [2.24, 2.45) is 5.92 Å². The number of benzene rings is 1. The zero-order valence-electron chi connectivity index (χ0n) is 16.6. The molecule has 0 bridgehead atoms. The van der Waals surface area contributed by atoms with Crippen LogP contribution in [0.3, 0.4) is 0 Å². The topological polar surface area (TPSA) is 39.5 Å². The maximum Gasteiger partial charge on any atom is 0.0952 e. The molecular formula is C22H31N3O2. The third-order valence-electron chi connectivity index (χ3n) is 5.69. The van der Waals surface area contributed by atoms with Gasteiger partial charge in [-0.1, -0.05) is 29.3 Å². The first-order valence-corrected chi connectivity index (χ1v) is 10.1. The number of fused-ring (bicyclic) bond motifs is 1. The van der Waals surface area contributed by atoms with Crippen molar-refractivity contribution in [1.29, 1.82) is 0 Å². The van der Waals surface area contributed by atoms with Gasteiger partial charge in [0.2, 0.25) is 0 Å². The van der Waals surface area contributed by atoms with Crippen molar-refractivity contribution < 1.29 is 9.47 Å². The summed E-state index contributed by atoms with van der Waals surface area (Å²) in [6, 6.07) is 7.18. The third kappa shape index (κ3) is 4.78. The lowest BCUT2D eigenvalue weighted by Gasteiger charge is -2.35. The Kier molecular flexibility index (Phi) is 5.91. The number of hydrogen-bond acceptors (Lipinski definition) is 4. The second-order valence-electron chi connectivity index (χ2n) is 8.20. The summed E-state index contributed by atoms with van der Waals surface area (Å²) in [5.74, 6) is 0.649. The van der Waals surface area contributed by atoms with Crippen LogP contribution in [0.25, 0.3) is 0 Å². The summed E-state index contributed by atoms with van der Waals surface area (Å²) in [4.78, 5) is 6.91. The van der Waals surface area contributed by atoms with E-state index in [1.165, 1.54) is 22.4 Å². The van der Waals surface area contributed by atoms with E-state index in [2.05, 4.69) is 46.5 Å². The van der Waals surface area contributed by atoms with Crippen LogP contribution in [0.1, 0.15) is 41.3 Å². The Balaban J connectivity index is 1.38. The summed E-state index contributed by atoms with van der Waals surface area (Å²) in [6.07, 6.45) is 6.21. The molecule has 0 saturated carbocycles. The van der Waals surface area contributed by atoms with E-state index in [4.69, 9.17) is 9.47 Å². The second-order valence-corrected chi connectivity index (χ2v) is 8.20. The molecule has 2 aliphatic heterocycles. The molecule has 0 unspecified atom stereocenters. The van der Waals surface area contributed by atoms with Crippen LogP contribution in [0, 0.1) is 19.8 Å². The molecule has 0 N–H and O–H groups in total. The van der Waals surface area contributed by atoms with Gasteiger partial charge in [-0.15, -0.1) is 0 Å². The summed E-state index contributed by atoms with van der Waals surface area (Å²) in [7, 11) is 0. The molecular weight excluding hydrogens is 338 g/mol. The van der Waals surface area contributed by atoms with Crippen molar-refractivity contribution in [2.75, 3.05) is 33.0 Å². The molecule has 2 aliphatic rings. The van der Waals surface area contributed by atoms with E-state index in [1.54, 1.807) is 0 Å². The highest BCUT2D eigenvalue weighted by molar-refractivity contribution is 5.28. The van der Waals surface area contributed by atoms with Gasteiger partial charge in [-0.05, 0) is 38.2 Å². The average molecular weight is 370 g/mol. The number of ether oxygens (including phenoxy) is 2. The molecule has 5 heteroatoms. The smallest absolute Gasteiger partial charge is 0.0952 e. The Labute approximate surface area is 162 Å². The van der Waals surface area contributed by atoms with Crippen LogP contribution in [-0.4, -0.2) is 47.4 Å². The summed E-state index contributed by atoms with van der Waals surface area (Å²) < 4.78 is 13.9. The molecule has 1 aromatic heterocycles. The molecule has 2 aromatic rings. The van der Waals surface area contributed by atoms with Crippen LogP contribution in [0.15, 0.2) is 30.7 Å². The van der Waals surface area contributed by atoms with Crippen LogP contribution >= 0.6 is 0 Å². The SMILES string of the molecule is Cc1cc(C)cc(CN2Cc3cncn3[C@H](COCC3CCOCC3)C2)c1. The third-order valence-corrected chi connectivity index (χ3v) is 5.69. The summed E-state index contributed by atoms with van der Waals surface area (Å²) in [5.41, 5.74) is 5.35. The predicted molar refractivity (Wildman–Crippen MR) is 106 cm³/mol. The Morgan fingerprint density at radius 3 is 2.67 bits per heavy atom. The average Bonchev–Trinajstić information content (AvgIpc) is 3.10. The lowest BCUT2D eigenvalue weighted by Crippen LogP contribution is -2.38. The number of hydrogen-bond donors (Lipinski definition) is 0. The van der Waals surface area contributed by atoms with Gasteiger partial charge in [-0.3, -0.25) is 4.90 Å². The van der Waals surface area contributed by atoms with Crippen molar-refractivity contribution in [3.05, 3.63) is 53.1 Å². The van der Waals surface area contributed by atoms with Gasteiger partial charge in [-0.2, -0.15) is 0 Å². The van der Waals surface area contributed by atoms with E-state index in [0.29, 0.717) is 12.0 Å². The molecule has 5 nitrogen and oxygen atoms in total. The molecule has 0 spiro atoms. The Hall–Kier alpha value is -1.69. The van der Waals surface area contributed by atoms with E-state index in [9.17, 15) is 0 Å². The van der Waals surface area contributed by atoms with E-state index in [1.807, 2.05) is 12.5 Å². The molecule has 0 aliphatic carbocycles. The van der Waals surface area contributed by atoms with Crippen molar-refractivity contribution in [1.82, 2.24) is 14.5 Å². The standard InChI is InChI=1S/C22H31N3O2/c1-17-7-18(2)9-20(8-17)11-24-12-21-10-23-16-25(21)22(13-24)15-27-14-19-3-5-26-6-4-19/h7-10,16,19,22H,3-6,11-15H2,1-2H3/t22-/m0/s1. The molecule has 0 amide bonds. The molecule has 1 saturated heterocycles. The lowest BCUT2D eigenvalue weighted by atomic mass is 10.0. The lowest BCUT2D eigenvalue weighted by molar-refractivity contribution is 0.00518. The Morgan fingerprint density at radius 1 is 1.11 bits per heavy atom. The van der Waals surface area contributed by atoms with E-state index < -0.39 is 0 Å². The summed E-state index contributed by atoms with van der Waals surface area (Å²) in [5, 5.41) is 0. The van der Waals surface area contributed by atoms with Gasteiger partial charge in [0, 0.05) is 45.7 Å². The van der Waals surface area contributed by atoms with E-state index in [-0.39, 0.29) is 0 Å². The summed E-state index contributed by atoms with van der Waals surface area (Å²) in [6.45, 7) is 10.6. The Bertz CT molecular complexity index is 732. The van der Waals surface area contributed by atoms with Crippen LogP contribution < -0.4 is 0 Å². The monoisotopic (exact) mass is 369 g/mol. The highest BCUT2D eigenvalue weighted by Gasteiger charge is 2.25. The zero-order chi connectivity index (χ0) is 18.6. The Morgan fingerprint density at radius 2 is 1.89 bits per heavy atom. The molecule has 1 fully saturated rings. The minimum Gasteiger partial charge on any atom is -0.381 e. The van der Waals surface area contributed by atoms with E-state index in [0.717, 1.165) is 58.9 Å².